The summed E-state index contributed by atoms with van der Waals surface area (Å²) in [5, 5.41) is 11.2. The van der Waals surface area contributed by atoms with E-state index in [4.69, 9.17) is 9.97 Å². The summed E-state index contributed by atoms with van der Waals surface area (Å²) >= 11 is 1.78. The van der Waals surface area contributed by atoms with Crippen LogP contribution in [0.15, 0.2) is 170 Å². The molecule has 5 heterocycles. The third-order valence-corrected chi connectivity index (χ3v) is 12.8. The quantitative estimate of drug-likeness (QED) is 0.182. The molecule has 55 heavy (non-hydrogen) atoms. The van der Waals surface area contributed by atoms with Crippen molar-refractivity contribution in [3.8, 4) is 28.3 Å². The van der Waals surface area contributed by atoms with E-state index < -0.39 is 0 Å². The van der Waals surface area contributed by atoms with Gasteiger partial charge in [-0.25, -0.2) is 9.97 Å². The van der Waals surface area contributed by atoms with E-state index >= 15 is 0 Å². The van der Waals surface area contributed by atoms with Gasteiger partial charge in [-0.1, -0.05) is 140 Å². The Morgan fingerprint density at radius 3 is 1.91 bits per heavy atom. The molecule has 254 valence electrons. The molecule has 0 spiro atoms. The van der Waals surface area contributed by atoms with Gasteiger partial charge in [-0.05, 0) is 52.2 Å². The fraction of sp³-hybridized carbons (Fsp3) is 0. The van der Waals surface area contributed by atoms with Crippen LogP contribution in [0.4, 0.5) is 0 Å². The molecule has 5 aromatic heterocycles. The number of benzene rings is 8. The van der Waals surface area contributed by atoms with Crippen molar-refractivity contribution in [2.75, 3.05) is 0 Å². The molecule has 0 aliphatic heterocycles. The van der Waals surface area contributed by atoms with Crippen molar-refractivity contribution in [2.24, 2.45) is 0 Å². The van der Waals surface area contributed by atoms with Crippen LogP contribution in [0.5, 0.6) is 0 Å². The predicted octanol–water partition coefficient (Wildman–Crippen LogP) is 13.6. The smallest absolute Gasteiger partial charge is 0.162 e. The molecule has 5 heteroatoms. The van der Waals surface area contributed by atoms with Crippen LogP contribution in [0.2, 0.25) is 0 Å². The van der Waals surface area contributed by atoms with Gasteiger partial charge in [-0.3, -0.25) is 4.57 Å². The van der Waals surface area contributed by atoms with E-state index in [0.717, 1.165) is 43.8 Å². The van der Waals surface area contributed by atoms with Crippen LogP contribution in [0, 0.1) is 0 Å². The first-order valence-electron chi connectivity index (χ1n) is 18.7. The Balaban J connectivity index is 1.20. The fourth-order valence-electron chi connectivity index (χ4n) is 9.31. The fourth-order valence-corrected chi connectivity index (χ4v) is 10.4. The van der Waals surface area contributed by atoms with Crippen molar-refractivity contribution < 1.29 is 0 Å². The molecule has 0 radical (unpaired) electrons. The summed E-state index contributed by atoms with van der Waals surface area (Å²) in [4.78, 5) is 10.9. The molecule has 0 aliphatic rings. The Bertz CT molecular complexity index is 3700. The first kappa shape index (κ1) is 29.4. The van der Waals surface area contributed by atoms with Crippen LogP contribution >= 0.6 is 11.3 Å². The highest BCUT2D eigenvalue weighted by Gasteiger charge is 2.26. The third-order valence-electron chi connectivity index (χ3n) is 11.7. The number of hydrogen-bond acceptors (Lipinski definition) is 3. The highest BCUT2D eigenvalue weighted by atomic mass is 32.1. The van der Waals surface area contributed by atoms with Crippen LogP contribution in [0.3, 0.4) is 0 Å². The zero-order valence-corrected chi connectivity index (χ0v) is 30.2. The summed E-state index contributed by atoms with van der Waals surface area (Å²) in [5.41, 5.74) is 10.4. The lowest BCUT2D eigenvalue weighted by Gasteiger charge is -2.11. The van der Waals surface area contributed by atoms with Crippen molar-refractivity contribution >= 4 is 102 Å². The van der Waals surface area contributed by atoms with Gasteiger partial charge in [0.25, 0.3) is 0 Å². The van der Waals surface area contributed by atoms with Gasteiger partial charge in [0.15, 0.2) is 11.6 Å². The van der Waals surface area contributed by atoms with Gasteiger partial charge in [-0.2, -0.15) is 0 Å². The van der Waals surface area contributed by atoms with Gasteiger partial charge in [-0.15, -0.1) is 11.3 Å². The largest absolute Gasteiger partial charge is 0.308 e. The number of thiophene rings is 1. The Kier molecular flexibility index (Phi) is 5.74. The number of aromatic nitrogens is 4. The van der Waals surface area contributed by atoms with E-state index in [9.17, 15) is 0 Å². The second kappa shape index (κ2) is 10.8. The van der Waals surface area contributed by atoms with Crippen molar-refractivity contribution in [3.63, 3.8) is 0 Å². The SMILES string of the molecule is c1ccc(-c2ccc(-c3nc(-n4c5ccccc5c5c6c7ccccc7n7c8ccc9ccccc9c8c(cc54)c67)c4sc5ccccc5c4n3)cc2)cc1. The average molecular weight is 717 g/mol. The summed E-state index contributed by atoms with van der Waals surface area (Å²) in [6.45, 7) is 0. The minimum Gasteiger partial charge on any atom is -0.308 e. The topological polar surface area (TPSA) is 35.1 Å². The summed E-state index contributed by atoms with van der Waals surface area (Å²) in [6, 6.07) is 61.4. The molecule has 0 aliphatic carbocycles. The van der Waals surface area contributed by atoms with Crippen LogP contribution in [0.1, 0.15) is 0 Å². The maximum atomic E-state index is 5.56. The van der Waals surface area contributed by atoms with Crippen molar-refractivity contribution in [1.82, 2.24) is 18.9 Å². The second-order valence-corrected chi connectivity index (χ2v) is 15.6. The molecule has 0 N–H and O–H groups in total. The molecule has 4 nitrogen and oxygen atoms in total. The molecule has 0 atom stereocenters. The normalized spacial score (nSPS) is 12.4. The van der Waals surface area contributed by atoms with Crippen LogP contribution in [-0.4, -0.2) is 18.9 Å². The molecule has 0 saturated carbocycles. The summed E-state index contributed by atoms with van der Waals surface area (Å²) < 4.78 is 7.21. The number of hydrogen-bond donors (Lipinski definition) is 0. The maximum Gasteiger partial charge on any atom is 0.162 e. The van der Waals surface area contributed by atoms with E-state index in [1.807, 2.05) is 0 Å². The molecule has 13 rings (SSSR count). The number of nitrogens with zero attached hydrogens (tertiary/aromatic N) is 4. The molecule has 0 fully saturated rings. The minimum absolute atomic E-state index is 0.718. The molecule has 13 aromatic rings. The van der Waals surface area contributed by atoms with Gasteiger partial charge in [0.05, 0.1) is 37.8 Å². The standard InChI is InChI=1S/C50H28N4S/c1-2-12-29(13-3-1)30-22-24-32(25-23-30)49-51-46-36-18-8-11-21-42(36)55-48(46)50(52-49)54-39-20-10-6-16-34(39)44-41(54)28-37-43-33-15-5-4-14-31(33)26-27-40(43)53-38-19-9-7-17-35(38)45(44)47(37)53/h1-28H. The second-order valence-electron chi connectivity index (χ2n) is 14.5. The zero-order chi connectivity index (χ0) is 35.8. The molecule has 8 aromatic carbocycles. The van der Waals surface area contributed by atoms with Crippen molar-refractivity contribution in [3.05, 3.63) is 170 Å². The lowest BCUT2D eigenvalue weighted by atomic mass is 9.99. The van der Waals surface area contributed by atoms with Gasteiger partial charge >= 0.3 is 0 Å². The highest BCUT2D eigenvalue weighted by molar-refractivity contribution is 7.26. The maximum absolute atomic E-state index is 5.56. The van der Waals surface area contributed by atoms with Gasteiger partial charge in [0.2, 0.25) is 0 Å². The highest BCUT2D eigenvalue weighted by Crippen LogP contribution is 2.49. The predicted molar refractivity (Wildman–Crippen MR) is 232 cm³/mol. The first-order chi connectivity index (χ1) is 27.3. The lowest BCUT2D eigenvalue weighted by Crippen LogP contribution is -2.01. The van der Waals surface area contributed by atoms with Gasteiger partial charge in [0, 0.05) is 48.0 Å². The molecular formula is C50H28N4S. The van der Waals surface area contributed by atoms with Gasteiger partial charge < -0.3 is 4.40 Å². The Morgan fingerprint density at radius 1 is 0.418 bits per heavy atom. The summed E-state index contributed by atoms with van der Waals surface area (Å²) in [6.07, 6.45) is 0. The molecular weight excluding hydrogens is 689 g/mol. The Morgan fingerprint density at radius 2 is 1.07 bits per heavy atom. The molecule has 0 amide bonds. The summed E-state index contributed by atoms with van der Waals surface area (Å²) in [7, 11) is 0. The van der Waals surface area contributed by atoms with E-state index in [1.165, 1.54) is 75.5 Å². The Labute approximate surface area is 318 Å². The van der Waals surface area contributed by atoms with Crippen molar-refractivity contribution in [2.45, 2.75) is 0 Å². The molecule has 0 saturated heterocycles. The van der Waals surface area contributed by atoms with Crippen LogP contribution < -0.4 is 0 Å². The average Bonchev–Trinajstić information content (AvgIpc) is 3.99. The number of rotatable bonds is 3. The molecule has 0 bridgehead atoms. The number of fused-ring (bicyclic) bond motifs is 15. The van der Waals surface area contributed by atoms with E-state index in [0.29, 0.717) is 0 Å². The summed E-state index contributed by atoms with van der Waals surface area (Å²) in [5.74, 6) is 1.63. The van der Waals surface area contributed by atoms with E-state index in [2.05, 4.69) is 179 Å². The Hall–Kier alpha value is -7.08. The molecule has 0 unspecified atom stereocenters. The van der Waals surface area contributed by atoms with E-state index in [1.54, 1.807) is 11.3 Å². The third kappa shape index (κ3) is 3.89. The first-order valence-corrected chi connectivity index (χ1v) is 19.5. The lowest BCUT2D eigenvalue weighted by molar-refractivity contribution is 1.08. The van der Waals surface area contributed by atoms with Crippen molar-refractivity contribution in [1.29, 1.82) is 0 Å². The zero-order valence-electron chi connectivity index (χ0n) is 29.4. The van der Waals surface area contributed by atoms with Crippen LogP contribution in [0.25, 0.3) is 119 Å². The monoisotopic (exact) mass is 716 g/mol. The van der Waals surface area contributed by atoms with Crippen LogP contribution in [-0.2, 0) is 0 Å². The van der Waals surface area contributed by atoms with Gasteiger partial charge in [0.1, 0.15) is 0 Å². The number of para-hydroxylation sites is 2. The minimum atomic E-state index is 0.718. The van der Waals surface area contributed by atoms with E-state index in [-0.39, 0.29) is 0 Å².